The van der Waals surface area contributed by atoms with E-state index in [9.17, 15) is 14.7 Å². The van der Waals surface area contributed by atoms with E-state index < -0.39 is 11.2 Å². The zero-order valence-corrected chi connectivity index (χ0v) is 16.6. The molecule has 0 aliphatic rings. The van der Waals surface area contributed by atoms with Crippen molar-refractivity contribution in [1.82, 2.24) is 19.9 Å². The molecule has 152 valence electrons. The first-order valence-corrected chi connectivity index (χ1v) is 9.77. The van der Waals surface area contributed by atoms with Gasteiger partial charge in [0, 0.05) is 11.8 Å². The number of aromatic amines is 2. The van der Waals surface area contributed by atoms with E-state index in [1.807, 2.05) is 31.2 Å². The second-order valence-corrected chi connectivity index (χ2v) is 7.10. The van der Waals surface area contributed by atoms with Crippen molar-refractivity contribution in [2.45, 2.75) is 13.5 Å². The summed E-state index contributed by atoms with van der Waals surface area (Å²) in [5, 5.41) is 18.8. The van der Waals surface area contributed by atoms with E-state index in [2.05, 4.69) is 30.2 Å². The Morgan fingerprint density at radius 3 is 2.87 bits per heavy atom. The van der Waals surface area contributed by atoms with Crippen LogP contribution in [0.4, 0.5) is 5.82 Å². The fourth-order valence-corrected chi connectivity index (χ4v) is 3.91. The number of azo groups is 1. The molecular formula is C19H16N6O4S. The molecule has 4 rings (SSSR count). The summed E-state index contributed by atoms with van der Waals surface area (Å²) in [5.74, 6) is 0.926. The molecule has 3 aromatic heterocycles. The van der Waals surface area contributed by atoms with Crippen LogP contribution in [0.3, 0.4) is 0 Å². The quantitative estimate of drug-likeness (QED) is 0.405. The van der Waals surface area contributed by atoms with Gasteiger partial charge in [-0.15, -0.1) is 16.5 Å². The van der Waals surface area contributed by atoms with Crippen LogP contribution in [0.2, 0.25) is 0 Å². The van der Waals surface area contributed by atoms with Gasteiger partial charge in [0.05, 0.1) is 23.6 Å². The van der Waals surface area contributed by atoms with Gasteiger partial charge in [-0.3, -0.25) is 9.78 Å². The zero-order chi connectivity index (χ0) is 21.1. The van der Waals surface area contributed by atoms with Crippen molar-refractivity contribution in [3.05, 3.63) is 63.2 Å². The van der Waals surface area contributed by atoms with Crippen LogP contribution in [-0.2, 0) is 6.54 Å². The number of thiophene rings is 1. The fraction of sp³-hybridized carbons (Fsp3) is 0.158. The average Bonchev–Trinajstić information content (AvgIpc) is 3.08. The van der Waals surface area contributed by atoms with Crippen LogP contribution in [-0.4, -0.2) is 31.6 Å². The van der Waals surface area contributed by atoms with Crippen LogP contribution < -0.4 is 16.0 Å². The van der Waals surface area contributed by atoms with E-state index in [-0.39, 0.29) is 23.7 Å². The number of hydrogen-bond acceptors (Lipinski definition) is 9. The number of H-pyrrole nitrogens is 2. The third-order valence-corrected chi connectivity index (χ3v) is 5.36. The SMILES string of the molecule is CCOc1ccccc1-c1sc2c(N=NCc3c[nH]c(=O)[nH]c3=O)ncnc2c1O. The molecule has 1 aromatic carbocycles. The van der Waals surface area contributed by atoms with Gasteiger partial charge >= 0.3 is 5.69 Å². The number of para-hydroxylation sites is 1. The largest absolute Gasteiger partial charge is 0.504 e. The van der Waals surface area contributed by atoms with Gasteiger partial charge in [0.25, 0.3) is 5.56 Å². The number of aromatic hydroxyl groups is 1. The Kier molecular flexibility index (Phi) is 5.35. The summed E-state index contributed by atoms with van der Waals surface area (Å²) in [4.78, 5) is 36.2. The highest BCUT2D eigenvalue weighted by molar-refractivity contribution is 7.23. The molecular weight excluding hydrogens is 408 g/mol. The highest BCUT2D eigenvalue weighted by Gasteiger charge is 2.20. The molecule has 11 heteroatoms. The lowest BCUT2D eigenvalue weighted by Gasteiger charge is -2.08. The van der Waals surface area contributed by atoms with E-state index in [0.717, 1.165) is 5.56 Å². The number of fused-ring (bicyclic) bond motifs is 1. The molecule has 0 saturated heterocycles. The zero-order valence-electron chi connectivity index (χ0n) is 15.7. The van der Waals surface area contributed by atoms with Crippen LogP contribution >= 0.6 is 11.3 Å². The Hall–Kier alpha value is -3.86. The third kappa shape index (κ3) is 3.70. The minimum atomic E-state index is -0.591. The van der Waals surface area contributed by atoms with Gasteiger partial charge in [0.1, 0.15) is 22.3 Å². The molecule has 0 saturated carbocycles. The number of nitrogens with zero attached hydrogens (tertiary/aromatic N) is 4. The fourth-order valence-electron chi connectivity index (χ4n) is 2.81. The van der Waals surface area contributed by atoms with Gasteiger partial charge in [-0.05, 0) is 19.1 Å². The van der Waals surface area contributed by atoms with Crippen LogP contribution in [0.1, 0.15) is 12.5 Å². The molecule has 0 unspecified atom stereocenters. The Labute approximate surface area is 173 Å². The van der Waals surface area contributed by atoms with Crippen LogP contribution in [0.5, 0.6) is 11.5 Å². The molecule has 0 aliphatic heterocycles. The minimum Gasteiger partial charge on any atom is -0.504 e. The van der Waals surface area contributed by atoms with Crippen molar-refractivity contribution in [2.24, 2.45) is 10.2 Å². The Morgan fingerprint density at radius 1 is 1.23 bits per heavy atom. The van der Waals surface area contributed by atoms with E-state index in [1.165, 1.54) is 23.9 Å². The van der Waals surface area contributed by atoms with E-state index in [0.29, 0.717) is 27.5 Å². The van der Waals surface area contributed by atoms with E-state index >= 15 is 0 Å². The van der Waals surface area contributed by atoms with Gasteiger partial charge < -0.3 is 14.8 Å². The molecule has 10 nitrogen and oxygen atoms in total. The van der Waals surface area contributed by atoms with Gasteiger partial charge in [-0.25, -0.2) is 14.8 Å². The van der Waals surface area contributed by atoms with Crippen molar-refractivity contribution < 1.29 is 9.84 Å². The molecule has 0 bridgehead atoms. The first-order valence-electron chi connectivity index (χ1n) is 8.95. The molecule has 3 heterocycles. The van der Waals surface area contributed by atoms with Crippen molar-refractivity contribution in [3.8, 4) is 21.9 Å². The Bertz CT molecular complexity index is 1360. The smallest absolute Gasteiger partial charge is 0.325 e. The first kappa shape index (κ1) is 19.5. The van der Waals surface area contributed by atoms with Crippen molar-refractivity contribution in [3.63, 3.8) is 0 Å². The molecule has 0 atom stereocenters. The molecule has 0 aliphatic carbocycles. The monoisotopic (exact) mass is 424 g/mol. The van der Waals surface area contributed by atoms with E-state index in [1.54, 1.807) is 0 Å². The average molecular weight is 424 g/mol. The molecule has 3 N–H and O–H groups in total. The van der Waals surface area contributed by atoms with Gasteiger partial charge in [0.2, 0.25) is 0 Å². The van der Waals surface area contributed by atoms with E-state index in [4.69, 9.17) is 4.74 Å². The molecule has 30 heavy (non-hydrogen) atoms. The number of nitrogens with one attached hydrogen (secondary N) is 2. The maximum Gasteiger partial charge on any atom is 0.325 e. The molecule has 4 aromatic rings. The van der Waals surface area contributed by atoms with Crippen LogP contribution in [0, 0.1) is 0 Å². The maximum absolute atomic E-state index is 11.7. The summed E-state index contributed by atoms with van der Waals surface area (Å²) in [6.07, 6.45) is 2.57. The van der Waals surface area contributed by atoms with Gasteiger partial charge in [-0.1, -0.05) is 12.1 Å². The lowest BCUT2D eigenvalue weighted by Crippen LogP contribution is -2.24. The number of hydrogen-bond donors (Lipinski definition) is 3. The predicted molar refractivity (Wildman–Crippen MR) is 112 cm³/mol. The lowest BCUT2D eigenvalue weighted by molar-refractivity contribution is 0.341. The summed E-state index contributed by atoms with van der Waals surface area (Å²) in [6.45, 7) is 2.33. The second kappa shape index (κ2) is 8.25. The standard InChI is InChI=1S/C19H16N6O4S/c1-2-29-12-6-4-3-5-11(12)15-14(26)13-16(30-15)17(22-9-21-13)25-23-8-10-7-20-19(28)24-18(10)27/h3-7,9,26H,2,8H2,1H3,(H2,20,24,27,28). The van der Waals surface area contributed by atoms with Gasteiger partial charge in [0.15, 0.2) is 11.6 Å². The number of ether oxygens (including phenoxy) is 1. The van der Waals surface area contributed by atoms with Crippen LogP contribution in [0.25, 0.3) is 20.7 Å². The Morgan fingerprint density at radius 2 is 2.07 bits per heavy atom. The summed E-state index contributed by atoms with van der Waals surface area (Å²) in [7, 11) is 0. The van der Waals surface area contributed by atoms with Gasteiger partial charge in [-0.2, -0.15) is 5.11 Å². The molecule has 0 spiro atoms. The Balaban J connectivity index is 1.72. The predicted octanol–water partition coefficient (Wildman–Crippen LogP) is 3.12. The lowest BCUT2D eigenvalue weighted by atomic mass is 10.1. The number of rotatable bonds is 6. The number of aromatic nitrogens is 4. The summed E-state index contributed by atoms with van der Waals surface area (Å²) >= 11 is 1.27. The summed E-state index contributed by atoms with van der Waals surface area (Å²) < 4.78 is 6.22. The first-order chi connectivity index (χ1) is 14.6. The summed E-state index contributed by atoms with van der Waals surface area (Å²) in [5.41, 5.74) is 0.222. The second-order valence-electron chi connectivity index (χ2n) is 6.08. The normalized spacial score (nSPS) is 11.4. The molecule has 0 fully saturated rings. The topological polar surface area (TPSA) is 146 Å². The molecule has 0 amide bonds. The highest BCUT2D eigenvalue weighted by atomic mass is 32.1. The van der Waals surface area contributed by atoms with Crippen molar-refractivity contribution >= 4 is 27.4 Å². The third-order valence-electron chi connectivity index (χ3n) is 4.16. The van der Waals surface area contributed by atoms with Crippen molar-refractivity contribution in [1.29, 1.82) is 0 Å². The van der Waals surface area contributed by atoms with Crippen LogP contribution in [0.15, 0.2) is 56.6 Å². The number of benzene rings is 1. The molecule has 0 radical (unpaired) electrons. The highest BCUT2D eigenvalue weighted by Crippen LogP contribution is 2.47. The minimum absolute atomic E-state index is 0.0121. The maximum atomic E-state index is 11.7. The summed E-state index contributed by atoms with van der Waals surface area (Å²) in [6, 6.07) is 7.40. The van der Waals surface area contributed by atoms with Crippen molar-refractivity contribution in [2.75, 3.05) is 6.61 Å².